The average molecular weight is 387 g/mol. The average Bonchev–Trinajstić information content (AvgIpc) is 3.15. The van der Waals surface area contributed by atoms with Gasteiger partial charge in [0.05, 0.1) is 5.69 Å². The van der Waals surface area contributed by atoms with Crippen molar-refractivity contribution in [3.8, 4) is 0 Å². The first kappa shape index (κ1) is 19.4. The molecule has 1 aromatic carbocycles. The Kier molecular flexibility index (Phi) is 5.97. The van der Waals surface area contributed by atoms with Gasteiger partial charge in [-0.15, -0.1) is 0 Å². The quantitative estimate of drug-likeness (QED) is 0.856. The maximum absolute atomic E-state index is 14.8. The normalized spacial score (nSPS) is 20.5. The molecule has 1 N–H and O–H groups in total. The molecule has 1 aliphatic heterocycles. The zero-order valence-electron chi connectivity index (χ0n) is 16.7. The fraction of sp³-hybridized carbons (Fsp3) is 0.591. The molecular weight excluding hydrogens is 355 g/mol. The first-order chi connectivity index (χ1) is 13.6. The van der Waals surface area contributed by atoms with E-state index in [0.29, 0.717) is 17.1 Å². The van der Waals surface area contributed by atoms with Crippen LogP contribution in [0.4, 0.5) is 10.1 Å². The summed E-state index contributed by atoms with van der Waals surface area (Å²) < 4.78 is 16.6. The zero-order chi connectivity index (χ0) is 19.5. The van der Waals surface area contributed by atoms with E-state index < -0.39 is 6.10 Å². The molecule has 2 heterocycles. The summed E-state index contributed by atoms with van der Waals surface area (Å²) in [5.41, 5.74) is 1.12. The first-order valence-corrected chi connectivity index (χ1v) is 10.5. The summed E-state index contributed by atoms with van der Waals surface area (Å²) in [6, 6.07) is 4.96. The largest absolute Gasteiger partial charge is 0.380 e. The van der Waals surface area contributed by atoms with Gasteiger partial charge in [-0.05, 0) is 24.8 Å². The second-order valence-corrected chi connectivity index (χ2v) is 8.27. The number of aliphatic hydroxyl groups excluding tert-OH is 1. The van der Waals surface area contributed by atoms with Gasteiger partial charge in [-0.1, -0.05) is 31.4 Å². The van der Waals surface area contributed by atoms with Crippen molar-refractivity contribution < 1.29 is 9.50 Å². The molecule has 4 rings (SSSR count). The van der Waals surface area contributed by atoms with Gasteiger partial charge >= 0.3 is 0 Å². The molecule has 1 saturated carbocycles. The van der Waals surface area contributed by atoms with Crippen molar-refractivity contribution in [2.24, 2.45) is 13.0 Å². The van der Waals surface area contributed by atoms with Gasteiger partial charge in [0.2, 0.25) is 0 Å². The maximum atomic E-state index is 14.8. The Hall–Kier alpha value is -1.92. The molecule has 2 aromatic rings. The van der Waals surface area contributed by atoms with Crippen LogP contribution in [0.25, 0.3) is 0 Å². The molecule has 2 fully saturated rings. The van der Waals surface area contributed by atoms with Crippen LogP contribution >= 0.6 is 0 Å². The number of hydrogen-bond donors (Lipinski definition) is 1. The van der Waals surface area contributed by atoms with Crippen LogP contribution in [0, 0.1) is 11.7 Å². The van der Waals surface area contributed by atoms with Crippen LogP contribution < -0.4 is 4.90 Å². The second-order valence-electron chi connectivity index (χ2n) is 8.27. The van der Waals surface area contributed by atoms with Crippen LogP contribution in [0.1, 0.15) is 49.6 Å². The zero-order valence-corrected chi connectivity index (χ0v) is 16.7. The number of benzene rings is 1. The fourth-order valence-corrected chi connectivity index (χ4v) is 4.75. The molecule has 6 heteroatoms. The molecule has 152 valence electrons. The van der Waals surface area contributed by atoms with Crippen molar-refractivity contribution in [3.63, 3.8) is 0 Å². The van der Waals surface area contributed by atoms with Crippen molar-refractivity contribution in [3.05, 3.63) is 47.8 Å². The maximum Gasteiger partial charge on any atom is 0.146 e. The highest BCUT2D eigenvalue weighted by Crippen LogP contribution is 2.33. The monoisotopic (exact) mass is 386 g/mol. The van der Waals surface area contributed by atoms with Crippen LogP contribution in [-0.2, 0) is 7.05 Å². The molecule has 1 aromatic heterocycles. The van der Waals surface area contributed by atoms with Gasteiger partial charge in [0.15, 0.2) is 0 Å². The Balaban J connectivity index is 1.47. The summed E-state index contributed by atoms with van der Waals surface area (Å²) in [6.07, 6.45) is 9.34. The van der Waals surface area contributed by atoms with Crippen LogP contribution in [-0.4, -0.2) is 52.3 Å². The molecule has 1 atom stereocenters. The number of aliphatic hydroxyl groups is 1. The van der Waals surface area contributed by atoms with E-state index in [4.69, 9.17) is 0 Å². The lowest BCUT2D eigenvalue weighted by molar-refractivity contribution is 0.189. The Bertz CT molecular complexity index is 779. The van der Waals surface area contributed by atoms with E-state index in [1.807, 2.05) is 13.1 Å². The molecule has 0 unspecified atom stereocenters. The number of anilines is 1. The summed E-state index contributed by atoms with van der Waals surface area (Å²) in [5, 5.41) is 10.9. The van der Waals surface area contributed by atoms with Gasteiger partial charge < -0.3 is 14.6 Å². The van der Waals surface area contributed by atoms with Crippen LogP contribution in [0.3, 0.4) is 0 Å². The van der Waals surface area contributed by atoms with Crippen LogP contribution in [0.5, 0.6) is 0 Å². The molecular formula is C22H31FN4O. The van der Waals surface area contributed by atoms with Crippen molar-refractivity contribution in [1.82, 2.24) is 14.5 Å². The predicted molar refractivity (Wildman–Crippen MR) is 109 cm³/mol. The highest BCUT2D eigenvalue weighted by molar-refractivity contribution is 5.57. The first-order valence-electron chi connectivity index (χ1n) is 10.5. The van der Waals surface area contributed by atoms with Gasteiger partial charge in [0.1, 0.15) is 17.7 Å². The summed E-state index contributed by atoms with van der Waals surface area (Å²) in [4.78, 5) is 8.87. The van der Waals surface area contributed by atoms with E-state index in [9.17, 15) is 9.50 Å². The predicted octanol–water partition coefficient (Wildman–Crippen LogP) is 3.34. The van der Waals surface area contributed by atoms with Crippen molar-refractivity contribution >= 4 is 5.69 Å². The Morgan fingerprint density at radius 3 is 2.57 bits per heavy atom. The van der Waals surface area contributed by atoms with Gasteiger partial charge in [-0.2, -0.15) is 0 Å². The lowest BCUT2D eigenvalue weighted by Gasteiger charge is -2.39. The number of nitrogens with zero attached hydrogens (tertiary/aromatic N) is 4. The van der Waals surface area contributed by atoms with E-state index in [0.717, 1.165) is 32.1 Å². The number of hydrogen-bond acceptors (Lipinski definition) is 4. The van der Waals surface area contributed by atoms with E-state index in [1.54, 1.807) is 23.0 Å². The van der Waals surface area contributed by atoms with E-state index in [1.165, 1.54) is 44.7 Å². The number of piperazine rings is 1. The minimum atomic E-state index is -0.939. The van der Waals surface area contributed by atoms with E-state index in [2.05, 4.69) is 14.8 Å². The van der Waals surface area contributed by atoms with Crippen molar-refractivity contribution in [1.29, 1.82) is 0 Å². The second kappa shape index (κ2) is 8.62. The molecule has 0 amide bonds. The van der Waals surface area contributed by atoms with Gasteiger partial charge in [-0.25, -0.2) is 9.37 Å². The highest BCUT2D eigenvalue weighted by Gasteiger charge is 2.27. The lowest BCUT2D eigenvalue weighted by Crippen LogP contribution is -2.48. The number of imidazole rings is 1. The Morgan fingerprint density at radius 1 is 1.14 bits per heavy atom. The number of aromatic nitrogens is 2. The highest BCUT2D eigenvalue weighted by atomic mass is 19.1. The minimum Gasteiger partial charge on any atom is -0.380 e. The van der Waals surface area contributed by atoms with Crippen molar-refractivity contribution in [2.75, 3.05) is 37.6 Å². The van der Waals surface area contributed by atoms with Gasteiger partial charge in [0.25, 0.3) is 0 Å². The Labute approximate surface area is 166 Å². The Morgan fingerprint density at radius 2 is 1.89 bits per heavy atom. The van der Waals surface area contributed by atoms with E-state index >= 15 is 0 Å². The van der Waals surface area contributed by atoms with Crippen LogP contribution in [0.2, 0.25) is 0 Å². The number of rotatable bonds is 5. The number of aryl methyl sites for hydroxylation is 1. The molecule has 5 nitrogen and oxygen atoms in total. The third-order valence-corrected chi connectivity index (χ3v) is 6.35. The molecule has 0 radical (unpaired) electrons. The number of para-hydroxylation sites is 1. The van der Waals surface area contributed by atoms with Gasteiger partial charge in [-0.3, -0.25) is 4.90 Å². The SMILES string of the molecule is Cn1ccnc1[C@@H](O)c1cccc(F)c1N1CCN(CC2CCCCC2)CC1. The molecule has 28 heavy (non-hydrogen) atoms. The summed E-state index contributed by atoms with van der Waals surface area (Å²) in [5.74, 6) is 1.09. The molecule has 0 bridgehead atoms. The summed E-state index contributed by atoms with van der Waals surface area (Å²) in [6.45, 7) is 4.64. The van der Waals surface area contributed by atoms with Crippen molar-refractivity contribution in [2.45, 2.75) is 38.2 Å². The fourth-order valence-electron chi connectivity index (χ4n) is 4.75. The smallest absolute Gasteiger partial charge is 0.146 e. The topological polar surface area (TPSA) is 44.5 Å². The molecule has 1 aliphatic carbocycles. The van der Waals surface area contributed by atoms with Gasteiger partial charge in [0, 0.05) is 57.7 Å². The minimum absolute atomic E-state index is 0.272. The summed E-state index contributed by atoms with van der Waals surface area (Å²) in [7, 11) is 1.84. The lowest BCUT2D eigenvalue weighted by atomic mass is 9.89. The summed E-state index contributed by atoms with van der Waals surface area (Å²) >= 11 is 0. The van der Waals surface area contributed by atoms with E-state index in [-0.39, 0.29) is 5.82 Å². The molecule has 1 saturated heterocycles. The van der Waals surface area contributed by atoms with Crippen LogP contribution in [0.15, 0.2) is 30.6 Å². The molecule has 2 aliphatic rings. The standard InChI is InChI=1S/C22H31FN4O/c1-25-11-10-24-22(25)21(28)18-8-5-9-19(23)20(18)27-14-12-26(13-15-27)16-17-6-3-2-4-7-17/h5,8-11,17,21,28H,2-4,6-7,12-16H2,1H3/t21-/m0/s1. The third kappa shape index (κ3) is 4.08. The number of halogens is 1. The third-order valence-electron chi connectivity index (χ3n) is 6.35. The molecule has 0 spiro atoms.